The van der Waals surface area contributed by atoms with Gasteiger partial charge >= 0.3 is 22.4 Å². The van der Waals surface area contributed by atoms with Gasteiger partial charge in [0.2, 0.25) is 0 Å². The van der Waals surface area contributed by atoms with Gasteiger partial charge in [0.1, 0.15) is 0 Å². The second-order valence-corrected chi connectivity index (χ2v) is 5.14. The first-order valence-electron chi connectivity index (χ1n) is 3.65. The van der Waals surface area contributed by atoms with Gasteiger partial charge in [-0.15, -0.1) is 12.6 Å². The van der Waals surface area contributed by atoms with Crippen LogP contribution in [0.5, 0.6) is 0 Å². The van der Waals surface area contributed by atoms with Gasteiger partial charge in [0.15, 0.2) is 10.1 Å². The van der Waals surface area contributed by atoms with Gasteiger partial charge in [-0.05, 0) is 12.1 Å². The Bertz CT molecular complexity index is 564. The van der Waals surface area contributed by atoms with E-state index >= 15 is 0 Å². The van der Waals surface area contributed by atoms with Gasteiger partial charge in [0, 0.05) is 0 Å². The van der Waals surface area contributed by atoms with Gasteiger partial charge in [-0.2, -0.15) is 0 Å². The van der Waals surface area contributed by atoms with Crippen molar-refractivity contribution in [2.45, 2.75) is 4.33 Å². The monoisotopic (exact) mass is 336 g/mol. The molecule has 0 bridgehead atoms. The molecule has 2 rings (SSSR count). The molecule has 5 nitrogen and oxygen atoms in total. The number of fused-ring (bicyclic) bond motifs is 1. The zero-order valence-corrected chi connectivity index (χ0v) is 10.3. The van der Waals surface area contributed by atoms with Crippen molar-refractivity contribution in [3.63, 3.8) is 0 Å². The summed E-state index contributed by atoms with van der Waals surface area (Å²) in [5.74, 6) is 0. The quantitative estimate of drug-likeness (QED) is 0.406. The summed E-state index contributed by atoms with van der Waals surface area (Å²) in [6.45, 7) is 0. The maximum absolute atomic E-state index is 10.8. The van der Waals surface area contributed by atoms with Gasteiger partial charge in [-0.25, -0.2) is 18.4 Å². The second-order valence-electron chi connectivity index (χ2n) is 2.74. The molecule has 1 aromatic carbocycles. The van der Waals surface area contributed by atoms with E-state index in [-0.39, 0.29) is 22.4 Å². The van der Waals surface area contributed by atoms with Gasteiger partial charge in [0.25, 0.3) is 4.33 Å². The van der Waals surface area contributed by atoms with Crippen molar-refractivity contribution >= 4 is 22.7 Å². The van der Waals surface area contributed by atoms with Crippen LogP contribution in [0, 0.1) is 0 Å². The molecule has 0 aromatic heterocycles. The molecule has 8 heteroatoms. The minimum absolute atomic E-state index is 0. The summed E-state index contributed by atoms with van der Waals surface area (Å²) in [7, 11) is -4.69. The normalized spacial score (nSPS) is 16.9. The Morgan fingerprint density at radius 3 is 1.93 bits per heavy atom. The average molecular weight is 337 g/mol. The Morgan fingerprint density at radius 2 is 1.60 bits per heavy atom. The molecule has 0 amide bonds. The van der Waals surface area contributed by atoms with E-state index in [1.54, 1.807) is 24.3 Å². The smallest absolute Gasteiger partial charge is 0.744 e. The minimum Gasteiger partial charge on any atom is -0.744 e. The molecule has 0 aliphatic carbocycles. The zero-order chi connectivity index (χ0) is 10.4. The molecule has 0 saturated heterocycles. The maximum atomic E-state index is 10.8. The third kappa shape index (κ3) is 2.17. The summed E-state index contributed by atoms with van der Waals surface area (Å²) >= 11 is 3.67. The largest absolute Gasteiger partial charge is 1.00 e. The standard InChI is InChI=1S/C7H6N2O3S2.Ag/c10-14(11,12)7(13)8-5-3-1-2-4-6(5)9-7;/h1-4,13H,(H,10,11,12);/q;+1/p-1. The van der Waals surface area contributed by atoms with E-state index in [9.17, 15) is 13.0 Å². The molecule has 0 atom stereocenters. The van der Waals surface area contributed by atoms with Crippen LogP contribution in [0.2, 0.25) is 0 Å². The molecule has 1 aromatic rings. The van der Waals surface area contributed by atoms with Crippen molar-refractivity contribution in [2.24, 2.45) is 9.98 Å². The number of rotatable bonds is 1. The predicted octanol–water partition coefficient (Wildman–Crippen LogP) is -0.977. The zero-order valence-electron chi connectivity index (χ0n) is 7.09. The SMILES string of the molecule is O=S(=O)([O-])C1(S)N=c2ccccc2=N1.[Ag+]. The first-order chi connectivity index (χ1) is 6.42. The molecule has 1 aliphatic rings. The fourth-order valence-corrected chi connectivity index (χ4v) is 1.74. The van der Waals surface area contributed by atoms with E-state index in [0.29, 0.717) is 10.7 Å². The second kappa shape index (κ2) is 4.00. The maximum Gasteiger partial charge on any atom is 1.00 e. The number of thiol groups is 1. The van der Waals surface area contributed by atoms with Gasteiger partial charge in [-0.1, -0.05) is 12.1 Å². The molecule has 1 aliphatic heterocycles. The molecular formula is C7H5AgN2O3S2. The Hall–Kier alpha value is -0.180. The van der Waals surface area contributed by atoms with Gasteiger partial charge in [-0.3, -0.25) is 0 Å². The number of hydrogen-bond acceptors (Lipinski definition) is 6. The molecule has 0 fully saturated rings. The fourth-order valence-electron chi connectivity index (χ4n) is 1.10. The predicted molar refractivity (Wildman–Crippen MR) is 50.2 cm³/mol. The van der Waals surface area contributed by atoms with Crippen LogP contribution in [0.15, 0.2) is 34.3 Å². The summed E-state index contributed by atoms with van der Waals surface area (Å²) in [6, 6.07) is 6.49. The third-order valence-electron chi connectivity index (χ3n) is 1.75. The van der Waals surface area contributed by atoms with Crippen LogP contribution in [0.4, 0.5) is 0 Å². The molecule has 0 spiro atoms. The van der Waals surface area contributed by atoms with Crippen molar-refractivity contribution in [3.05, 3.63) is 35.0 Å². The fraction of sp³-hybridized carbons (Fsp3) is 0.143. The molecular weight excluding hydrogens is 332 g/mol. The minimum atomic E-state index is -4.69. The molecule has 84 valence electrons. The van der Waals surface area contributed by atoms with Crippen LogP contribution in [-0.2, 0) is 32.5 Å². The summed E-state index contributed by atoms with van der Waals surface area (Å²) in [5, 5.41) is 0.726. The summed E-state index contributed by atoms with van der Waals surface area (Å²) in [5.41, 5.74) is 0. The van der Waals surface area contributed by atoms with Crippen molar-refractivity contribution in [3.8, 4) is 0 Å². The number of nitrogens with zero attached hydrogens (tertiary/aromatic N) is 2. The Balaban J connectivity index is 0.00000112. The van der Waals surface area contributed by atoms with Crippen LogP contribution >= 0.6 is 12.6 Å². The van der Waals surface area contributed by atoms with E-state index in [1.165, 1.54) is 0 Å². The molecule has 0 N–H and O–H groups in total. The molecule has 0 radical (unpaired) electrons. The third-order valence-corrected chi connectivity index (χ3v) is 3.47. The average Bonchev–Trinajstić information content (AvgIpc) is 2.40. The van der Waals surface area contributed by atoms with E-state index in [4.69, 9.17) is 0 Å². The summed E-state index contributed by atoms with van der Waals surface area (Å²) < 4.78 is 30.2. The van der Waals surface area contributed by atoms with Crippen molar-refractivity contribution in [2.75, 3.05) is 0 Å². The van der Waals surface area contributed by atoms with Gasteiger partial charge < -0.3 is 4.55 Å². The van der Waals surface area contributed by atoms with Crippen molar-refractivity contribution in [1.29, 1.82) is 0 Å². The van der Waals surface area contributed by atoms with E-state index < -0.39 is 14.4 Å². The van der Waals surface area contributed by atoms with Crippen molar-refractivity contribution in [1.82, 2.24) is 0 Å². The number of para-hydroxylation sites is 2. The Kier molecular flexibility index (Phi) is 3.44. The van der Waals surface area contributed by atoms with Crippen LogP contribution in [-0.4, -0.2) is 17.3 Å². The number of benzene rings is 1. The number of hydrogen-bond donors (Lipinski definition) is 1. The summed E-state index contributed by atoms with van der Waals surface area (Å²) in [6.07, 6.45) is 0. The van der Waals surface area contributed by atoms with Crippen LogP contribution in [0.3, 0.4) is 0 Å². The van der Waals surface area contributed by atoms with Gasteiger partial charge in [0.05, 0.1) is 10.7 Å². The topological polar surface area (TPSA) is 81.9 Å². The molecule has 0 saturated carbocycles. The van der Waals surface area contributed by atoms with E-state index in [2.05, 4.69) is 22.6 Å². The summed E-state index contributed by atoms with van der Waals surface area (Å²) in [4.78, 5) is 7.30. The van der Waals surface area contributed by atoms with Crippen LogP contribution in [0.1, 0.15) is 0 Å². The first-order valence-corrected chi connectivity index (χ1v) is 5.50. The van der Waals surface area contributed by atoms with Crippen LogP contribution in [0.25, 0.3) is 0 Å². The Labute approximate surface area is 107 Å². The molecule has 0 unspecified atom stereocenters. The van der Waals surface area contributed by atoms with E-state index in [0.717, 1.165) is 0 Å². The Morgan fingerprint density at radius 1 is 1.20 bits per heavy atom. The first kappa shape index (κ1) is 12.9. The van der Waals surface area contributed by atoms with Crippen LogP contribution < -0.4 is 10.7 Å². The molecule has 1 heterocycles. The molecule has 15 heavy (non-hydrogen) atoms. The van der Waals surface area contributed by atoms with Crippen molar-refractivity contribution < 1.29 is 35.4 Å². The van der Waals surface area contributed by atoms with E-state index in [1.807, 2.05) is 0 Å².